The fourth-order valence-corrected chi connectivity index (χ4v) is 2.89. The van der Waals surface area contributed by atoms with Crippen molar-refractivity contribution in [3.05, 3.63) is 0 Å². The summed E-state index contributed by atoms with van der Waals surface area (Å²) in [6, 6.07) is 0. The van der Waals surface area contributed by atoms with Gasteiger partial charge in [-0.25, -0.2) is 0 Å². The van der Waals surface area contributed by atoms with Gasteiger partial charge < -0.3 is 0 Å². The zero-order valence-electron chi connectivity index (χ0n) is 6.01. The van der Waals surface area contributed by atoms with E-state index in [1.54, 1.807) is 12.8 Å². The molecular formula is C9H14. The van der Waals surface area contributed by atoms with Gasteiger partial charge in [0.2, 0.25) is 0 Å². The quantitative estimate of drug-likeness (QED) is 0.527. The molecule has 0 aromatic heterocycles. The summed E-state index contributed by atoms with van der Waals surface area (Å²) < 4.78 is 0. The predicted molar refractivity (Wildman–Crippen MR) is 37.0 cm³/mol. The molecule has 9 heavy (non-hydrogen) atoms. The minimum atomic E-state index is 1.20. The Morgan fingerprint density at radius 2 is 1.78 bits per heavy atom. The Morgan fingerprint density at radius 1 is 1.11 bits per heavy atom. The van der Waals surface area contributed by atoms with E-state index in [1.165, 1.54) is 36.0 Å². The third-order valence-corrected chi connectivity index (χ3v) is 3.68. The van der Waals surface area contributed by atoms with Crippen LogP contribution in [0.4, 0.5) is 0 Å². The van der Waals surface area contributed by atoms with Crippen molar-refractivity contribution in [1.29, 1.82) is 0 Å². The van der Waals surface area contributed by atoms with Crippen molar-refractivity contribution in [3.8, 4) is 0 Å². The summed E-state index contributed by atoms with van der Waals surface area (Å²) in [5.41, 5.74) is 0. The number of fused-ring (bicyclic) bond motifs is 1. The third kappa shape index (κ3) is 0.461. The highest BCUT2D eigenvalue weighted by Crippen LogP contribution is 2.79. The normalized spacial score (nSPS) is 61.0. The monoisotopic (exact) mass is 122 g/mol. The lowest BCUT2D eigenvalue weighted by atomic mass is 9.99. The van der Waals surface area contributed by atoms with Crippen molar-refractivity contribution >= 4 is 0 Å². The summed E-state index contributed by atoms with van der Waals surface area (Å²) in [6.45, 7) is 2.35. The molecule has 3 rings (SSSR count). The first-order valence-electron chi connectivity index (χ1n) is 4.43. The molecule has 3 aliphatic rings. The van der Waals surface area contributed by atoms with E-state index in [1.807, 2.05) is 0 Å². The van der Waals surface area contributed by atoms with E-state index >= 15 is 0 Å². The van der Waals surface area contributed by atoms with Crippen LogP contribution in [0.2, 0.25) is 0 Å². The molecule has 2 atom stereocenters. The van der Waals surface area contributed by atoms with Crippen LogP contribution in [-0.4, -0.2) is 0 Å². The second-order valence-electron chi connectivity index (χ2n) is 4.14. The average Bonchev–Trinajstić information content (AvgIpc) is 2.65. The SMILES string of the molecule is CCC1C2C(C3CC3)C12. The van der Waals surface area contributed by atoms with E-state index in [9.17, 15) is 0 Å². The van der Waals surface area contributed by atoms with Gasteiger partial charge in [-0.2, -0.15) is 0 Å². The Morgan fingerprint density at radius 3 is 2.22 bits per heavy atom. The van der Waals surface area contributed by atoms with Gasteiger partial charge in [0.1, 0.15) is 0 Å². The Hall–Kier alpha value is 0. The maximum atomic E-state index is 2.35. The first-order chi connectivity index (χ1) is 4.43. The van der Waals surface area contributed by atoms with Gasteiger partial charge in [0, 0.05) is 0 Å². The van der Waals surface area contributed by atoms with Crippen molar-refractivity contribution in [1.82, 2.24) is 0 Å². The Balaban J connectivity index is 1.60. The van der Waals surface area contributed by atoms with Gasteiger partial charge in [0.25, 0.3) is 0 Å². The Bertz CT molecular complexity index is 136. The molecule has 0 radical (unpaired) electrons. The lowest BCUT2D eigenvalue weighted by Gasteiger charge is -2.06. The van der Waals surface area contributed by atoms with E-state index in [4.69, 9.17) is 0 Å². The molecule has 3 aliphatic carbocycles. The van der Waals surface area contributed by atoms with E-state index < -0.39 is 0 Å². The average molecular weight is 122 g/mol. The first-order valence-corrected chi connectivity index (χ1v) is 4.43. The lowest BCUT2D eigenvalue weighted by molar-refractivity contribution is 0.423. The highest BCUT2D eigenvalue weighted by molar-refractivity contribution is 5.21. The summed E-state index contributed by atoms with van der Waals surface area (Å²) >= 11 is 0. The van der Waals surface area contributed by atoms with Gasteiger partial charge in [-0.1, -0.05) is 13.3 Å². The van der Waals surface area contributed by atoms with Gasteiger partial charge >= 0.3 is 0 Å². The molecular weight excluding hydrogens is 108 g/mol. The maximum Gasteiger partial charge on any atom is -0.0315 e. The summed E-state index contributed by atoms with van der Waals surface area (Å²) in [5, 5.41) is 0. The molecule has 0 heterocycles. The van der Waals surface area contributed by atoms with Crippen LogP contribution in [0.15, 0.2) is 0 Å². The largest absolute Gasteiger partial charge is 0.0651 e. The van der Waals surface area contributed by atoms with E-state index in [0.29, 0.717) is 0 Å². The maximum absolute atomic E-state index is 2.35. The van der Waals surface area contributed by atoms with Crippen LogP contribution in [0.3, 0.4) is 0 Å². The van der Waals surface area contributed by atoms with Gasteiger partial charge in [-0.05, 0) is 42.4 Å². The predicted octanol–water partition coefficient (Wildman–Crippen LogP) is 2.30. The number of hydrogen-bond acceptors (Lipinski definition) is 0. The molecule has 0 aromatic carbocycles. The molecule has 0 nitrogen and oxygen atoms in total. The molecule has 0 saturated heterocycles. The molecule has 3 saturated carbocycles. The van der Waals surface area contributed by atoms with Crippen LogP contribution in [0.25, 0.3) is 0 Å². The number of rotatable bonds is 2. The lowest BCUT2D eigenvalue weighted by Crippen LogP contribution is -2.00. The molecule has 0 aromatic rings. The number of hydrogen-bond donors (Lipinski definition) is 0. The minimum absolute atomic E-state index is 1.20. The molecule has 0 N–H and O–H groups in total. The van der Waals surface area contributed by atoms with Crippen LogP contribution >= 0.6 is 0 Å². The van der Waals surface area contributed by atoms with E-state index in [2.05, 4.69) is 6.92 Å². The fourth-order valence-electron chi connectivity index (χ4n) is 2.89. The standard InChI is InChI=1S/C9H14/c1-2-6-8-7(9(6)8)5-3-4-5/h5-9H,2-4H2,1H3. The van der Waals surface area contributed by atoms with Gasteiger partial charge in [0.15, 0.2) is 0 Å². The molecule has 0 amide bonds. The van der Waals surface area contributed by atoms with Crippen LogP contribution in [-0.2, 0) is 0 Å². The molecule has 0 bridgehead atoms. The Labute approximate surface area is 56.6 Å². The van der Waals surface area contributed by atoms with E-state index in [0.717, 1.165) is 0 Å². The van der Waals surface area contributed by atoms with Gasteiger partial charge in [0.05, 0.1) is 0 Å². The van der Waals surface area contributed by atoms with Gasteiger partial charge in [-0.3, -0.25) is 0 Å². The van der Waals surface area contributed by atoms with Crippen molar-refractivity contribution in [2.45, 2.75) is 26.2 Å². The summed E-state index contributed by atoms with van der Waals surface area (Å²) in [5.74, 6) is 6.19. The minimum Gasteiger partial charge on any atom is -0.0651 e. The van der Waals surface area contributed by atoms with Crippen molar-refractivity contribution in [2.24, 2.45) is 29.6 Å². The van der Waals surface area contributed by atoms with Crippen molar-refractivity contribution in [3.63, 3.8) is 0 Å². The second-order valence-corrected chi connectivity index (χ2v) is 4.14. The van der Waals surface area contributed by atoms with Crippen LogP contribution in [0, 0.1) is 29.6 Å². The molecule has 0 heteroatoms. The van der Waals surface area contributed by atoms with Crippen LogP contribution < -0.4 is 0 Å². The molecule has 0 aliphatic heterocycles. The Kier molecular flexibility index (Phi) is 0.640. The summed E-state index contributed by atoms with van der Waals surface area (Å²) in [6.07, 6.45) is 4.63. The summed E-state index contributed by atoms with van der Waals surface area (Å²) in [7, 11) is 0. The van der Waals surface area contributed by atoms with Crippen molar-refractivity contribution < 1.29 is 0 Å². The zero-order valence-corrected chi connectivity index (χ0v) is 6.01. The molecule has 0 spiro atoms. The van der Waals surface area contributed by atoms with Crippen molar-refractivity contribution in [2.75, 3.05) is 0 Å². The topological polar surface area (TPSA) is 0 Å². The first kappa shape index (κ1) is 4.76. The molecule has 3 fully saturated rings. The smallest absolute Gasteiger partial charge is 0.0315 e. The van der Waals surface area contributed by atoms with Crippen LogP contribution in [0.1, 0.15) is 26.2 Å². The molecule has 2 unspecified atom stereocenters. The van der Waals surface area contributed by atoms with Gasteiger partial charge in [-0.15, -0.1) is 0 Å². The second kappa shape index (κ2) is 1.21. The summed E-state index contributed by atoms with van der Waals surface area (Å²) in [4.78, 5) is 0. The van der Waals surface area contributed by atoms with Crippen LogP contribution in [0.5, 0.6) is 0 Å². The zero-order chi connectivity index (χ0) is 6.01. The van der Waals surface area contributed by atoms with E-state index in [-0.39, 0.29) is 0 Å². The molecule has 50 valence electrons. The highest BCUT2D eigenvalue weighted by atomic mass is 14.8. The third-order valence-electron chi connectivity index (χ3n) is 3.68. The highest BCUT2D eigenvalue weighted by Gasteiger charge is 2.74. The fraction of sp³-hybridized carbons (Fsp3) is 1.00.